The lowest BCUT2D eigenvalue weighted by molar-refractivity contribution is -0.136. The van der Waals surface area contributed by atoms with Gasteiger partial charge in [0.15, 0.2) is 11.0 Å². The summed E-state index contributed by atoms with van der Waals surface area (Å²) in [6.45, 7) is 0.370. The summed E-state index contributed by atoms with van der Waals surface area (Å²) in [6.07, 6.45) is -3.52. The van der Waals surface area contributed by atoms with Crippen LogP contribution in [0.5, 0.6) is 0 Å². The lowest BCUT2D eigenvalue weighted by Gasteiger charge is -2.31. The number of carboxylic acids is 1. The lowest BCUT2D eigenvalue weighted by Crippen LogP contribution is -2.45. The molecule has 2 heterocycles. The summed E-state index contributed by atoms with van der Waals surface area (Å²) in [5.74, 6) is -1.16. The first kappa shape index (κ1) is 30.1. The normalized spacial score (nSPS) is 16.8. The van der Waals surface area contributed by atoms with Crippen molar-refractivity contribution in [3.05, 3.63) is 90.1 Å². The topological polar surface area (TPSA) is 126 Å². The average molecular weight is 640 g/mol. The fourth-order valence-electron chi connectivity index (χ4n) is 4.76. The number of halogens is 3. The first-order chi connectivity index (χ1) is 19.9. The van der Waals surface area contributed by atoms with Gasteiger partial charge in [-0.3, -0.25) is 3.97 Å². The Hall–Kier alpha value is -3.37. The Morgan fingerprint density at radius 1 is 0.905 bits per heavy atom. The van der Waals surface area contributed by atoms with Gasteiger partial charge in [0.05, 0.1) is 26.4 Å². The number of hydrogen-bond acceptors (Lipinski definition) is 5. The first-order valence-corrected chi connectivity index (χ1v) is 16.3. The van der Waals surface area contributed by atoms with Crippen molar-refractivity contribution in [3.8, 4) is 0 Å². The number of carbonyl (C=O) groups is 1. The van der Waals surface area contributed by atoms with E-state index in [4.69, 9.17) is 0 Å². The number of sulfonamides is 1. The maximum Gasteiger partial charge on any atom is 0.417 e. The summed E-state index contributed by atoms with van der Waals surface area (Å²) in [5.41, 5.74) is -1.34. The molecule has 1 fully saturated rings. The smallest absolute Gasteiger partial charge is 0.417 e. The van der Waals surface area contributed by atoms with Gasteiger partial charge >= 0.3 is 12.1 Å². The monoisotopic (exact) mass is 639 g/mol. The second kappa shape index (κ2) is 11.7. The van der Waals surface area contributed by atoms with Crippen molar-refractivity contribution in [2.45, 2.75) is 39.7 Å². The highest BCUT2D eigenvalue weighted by molar-refractivity contribution is 7.90. The van der Waals surface area contributed by atoms with E-state index < -0.39 is 66.0 Å². The molecule has 15 heteroatoms. The molecule has 9 nitrogen and oxygen atoms in total. The number of benzene rings is 3. The summed E-state index contributed by atoms with van der Waals surface area (Å²) < 4.78 is 101. The van der Waals surface area contributed by atoms with Crippen LogP contribution in [0.3, 0.4) is 0 Å². The minimum absolute atomic E-state index is 0.0194. The van der Waals surface area contributed by atoms with Crippen LogP contribution in [-0.2, 0) is 38.2 Å². The molecule has 2 N–H and O–H groups in total. The van der Waals surface area contributed by atoms with Gasteiger partial charge in [-0.15, -0.1) is 0 Å². The molecule has 1 aromatic heterocycles. The fraction of sp³-hybridized carbons (Fsp3) is 0.222. The van der Waals surface area contributed by atoms with Crippen molar-refractivity contribution < 1.29 is 39.9 Å². The van der Waals surface area contributed by atoms with Crippen molar-refractivity contribution in [2.75, 3.05) is 13.1 Å². The number of rotatable bonds is 8. The molecule has 0 amide bonds. The molecule has 0 spiro atoms. The van der Waals surface area contributed by atoms with Crippen molar-refractivity contribution in [1.29, 1.82) is 0 Å². The third kappa shape index (κ3) is 6.06. The minimum atomic E-state index is -4.88. The van der Waals surface area contributed by atoms with Gasteiger partial charge in [-0.05, 0) is 55.3 Å². The highest BCUT2D eigenvalue weighted by Gasteiger charge is 2.38. The van der Waals surface area contributed by atoms with Gasteiger partial charge in [0.1, 0.15) is 15.9 Å². The van der Waals surface area contributed by atoms with E-state index >= 15 is 0 Å². The van der Waals surface area contributed by atoms with E-state index in [-0.39, 0.29) is 46.8 Å². The third-order valence-electron chi connectivity index (χ3n) is 6.77. The number of nitrogens with one attached hydrogen (secondary N) is 1. The Morgan fingerprint density at radius 2 is 1.55 bits per heavy atom. The fourth-order valence-corrected chi connectivity index (χ4v) is 8.77. The zero-order valence-electron chi connectivity index (χ0n) is 21.7. The molecule has 2 unspecified atom stereocenters. The molecule has 0 radical (unpaired) electrons. The number of fused-ring (bicyclic) bond motifs is 1. The molecule has 4 aromatic rings. The molecule has 222 valence electrons. The van der Waals surface area contributed by atoms with Crippen LogP contribution in [0.25, 0.3) is 10.9 Å². The van der Waals surface area contributed by atoms with Gasteiger partial charge in [-0.1, -0.05) is 30.3 Å². The third-order valence-corrected chi connectivity index (χ3v) is 11.1. The second-order valence-electron chi connectivity index (χ2n) is 9.49. The van der Waals surface area contributed by atoms with Crippen LogP contribution < -0.4 is 4.72 Å². The van der Waals surface area contributed by atoms with Crippen molar-refractivity contribution in [1.82, 2.24) is 13.0 Å². The summed E-state index contributed by atoms with van der Waals surface area (Å²) in [5, 5.41) is 8.61. The van der Waals surface area contributed by atoms with Crippen LogP contribution in [0.1, 0.15) is 28.8 Å². The van der Waals surface area contributed by atoms with Crippen LogP contribution >= 0.6 is 0 Å². The van der Waals surface area contributed by atoms with Crippen LogP contribution in [-0.4, -0.2) is 55.3 Å². The predicted molar refractivity (Wildman–Crippen MR) is 150 cm³/mol. The minimum Gasteiger partial charge on any atom is -0.478 e. The summed E-state index contributed by atoms with van der Waals surface area (Å²) >= 11 is 0. The van der Waals surface area contributed by atoms with E-state index in [1.54, 1.807) is 22.5 Å². The Balaban J connectivity index is 1.42. The van der Waals surface area contributed by atoms with Crippen LogP contribution in [0.15, 0.2) is 93.7 Å². The van der Waals surface area contributed by atoms with Gasteiger partial charge in [0, 0.05) is 30.7 Å². The Bertz CT molecular complexity index is 1800. The highest BCUT2D eigenvalue weighted by atomic mass is 32.2. The average Bonchev–Trinajstić information content (AvgIpc) is 3.37. The van der Waals surface area contributed by atoms with Crippen molar-refractivity contribution in [3.63, 3.8) is 0 Å². The molecule has 1 saturated heterocycles. The zero-order valence-corrected chi connectivity index (χ0v) is 24.1. The van der Waals surface area contributed by atoms with E-state index in [1.165, 1.54) is 42.5 Å². The van der Waals surface area contributed by atoms with E-state index in [1.807, 2.05) is 0 Å². The van der Waals surface area contributed by atoms with E-state index in [2.05, 4.69) is 4.72 Å². The quantitative estimate of drug-likeness (QED) is 0.295. The Labute approximate surface area is 244 Å². The molecule has 0 aliphatic carbocycles. The molecule has 2 atom stereocenters. The number of piperidine rings is 1. The molecule has 42 heavy (non-hydrogen) atoms. The van der Waals surface area contributed by atoms with E-state index in [0.29, 0.717) is 0 Å². The van der Waals surface area contributed by atoms with Crippen LogP contribution in [0.2, 0.25) is 0 Å². The van der Waals surface area contributed by atoms with Crippen LogP contribution in [0, 0.1) is 0 Å². The maximum atomic E-state index is 14.0. The molecule has 0 saturated carbocycles. The number of hydrogen-bond donors (Lipinski definition) is 2. The lowest BCUT2D eigenvalue weighted by atomic mass is 10.1. The number of aromatic carboxylic acids is 1. The summed E-state index contributed by atoms with van der Waals surface area (Å²) in [7, 11) is -8.26. The number of carboxylic acid groups (broad SMARTS) is 1. The first-order valence-electron chi connectivity index (χ1n) is 12.6. The number of alkyl halides is 3. The molecular weight excluding hydrogens is 616 g/mol. The molecular formula is C27H24F3N3O6S3. The highest BCUT2D eigenvalue weighted by Crippen LogP contribution is 2.39. The Kier molecular flexibility index (Phi) is 8.40. The number of nitrogens with zero attached hydrogens (tertiary/aromatic N) is 2. The standard InChI is InChI=1S/C27H24F3N3O6S3/c28-27(29,30)22-10-5-11-23-25(22)24(17-33(23)41(37)20-7-2-1-3-8-20)42(38,39)31-19-12-14-32(15-13-19)40(36)21-9-4-6-18(16-21)26(34)35/h1-11,16-17,19,31H,12-15H2,(H,34,35). The molecule has 1 aliphatic heterocycles. The van der Waals surface area contributed by atoms with Gasteiger partial charge in [-0.2, -0.15) is 13.2 Å². The van der Waals surface area contributed by atoms with E-state index in [9.17, 15) is 39.9 Å². The predicted octanol–water partition coefficient (Wildman–Crippen LogP) is 4.39. The summed E-state index contributed by atoms with van der Waals surface area (Å²) in [4.78, 5) is 11.2. The van der Waals surface area contributed by atoms with Gasteiger partial charge < -0.3 is 5.11 Å². The van der Waals surface area contributed by atoms with Gasteiger partial charge in [0.2, 0.25) is 10.0 Å². The molecule has 5 rings (SSSR count). The molecule has 1 aliphatic rings. The van der Waals surface area contributed by atoms with Gasteiger partial charge in [0.25, 0.3) is 0 Å². The van der Waals surface area contributed by atoms with Gasteiger partial charge in [-0.25, -0.2) is 30.7 Å². The zero-order chi connectivity index (χ0) is 30.2. The van der Waals surface area contributed by atoms with Crippen LogP contribution in [0.4, 0.5) is 13.2 Å². The van der Waals surface area contributed by atoms with Crippen molar-refractivity contribution >= 4 is 48.9 Å². The SMILES string of the molecule is O=C(O)c1cccc(S(=O)N2CCC(NS(=O)(=O)c3cn(S(=O)c4ccccc4)c4cccc(C(F)(F)F)c34)CC2)c1. The molecule has 0 bridgehead atoms. The second-order valence-corrected chi connectivity index (χ2v) is 14.0. The largest absolute Gasteiger partial charge is 0.478 e. The van der Waals surface area contributed by atoms with E-state index in [0.717, 1.165) is 22.3 Å². The maximum absolute atomic E-state index is 14.0. The van der Waals surface area contributed by atoms with Crippen molar-refractivity contribution in [2.24, 2.45) is 0 Å². The Morgan fingerprint density at radius 3 is 2.19 bits per heavy atom. The number of aromatic nitrogens is 1. The molecule has 3 aromatic carbocycles. The summed E-state index contributed by atoms with van der Waals surface area (Å²) in [6, 6.07) is 16.2.